The molecule has 0 saturated heterocycles. The molecule has 0 N–H and O–H groups in total. The maximum atomic E-state index is 12.2. The Morgan fingerprint density at radius 2 is 1.85 bits per heavy atom. The molecule has 0 saturated carbocycles. The molecule has 0 fully saturated rings. The Kier molecular flexibility index (Phi) is 5.22. The molecule has 1 aromatic carbocycles. The van der Waals surface area contributed by atoms with Gasteiger partial charge in [-0.05, 0) is 40.2 Å². The van der Waals surface area contributed by atoms with Crippen molar-refractivity contribution in [3.8, 4) is 17.2 Å². The summed E-state index contributed by atoms with van der Waals surface area (Å²) in [6.07, 6.45) is 4.77. The lowest BCUT2D eigenvalue weighted by molar-refractivity contribution is -0.129. The first-order valence-electron chi connectivity index (χ1n) is 7.49. The summed E-state index contributed by atoms with van der Waals surface area (Å²) >= 11 is 3.33. The summed E-state index contributed by atoms with van der Waals surface area (Å²) in [5, 5.41) is 0. The second-order valence-corrected chi connectivity index (χ2v) is 6.07. The fourth-order valence-corrected chi connectivity index (χ4v) is 2.81. The minimum absolute atomic E-state index is 0.144. The number of halogens is 1. The van der Waals surface area contributed by atoms with Gasteiger partial charge in [-0.15, -0.1) is 0 Å². The molecule has 0 spiro atoms. The van der Waals surface area contributed by atoms with E-state index >= 15 is 0 Å². The van der Waals surface area contributed by atoms with Crippen molar-refractivity contribution in [2.24, 2.45) is 4.99 Å². The number of pyridine rings is 1. The number of benzene rings is 1. The van der Waals surface area contributed by atoms with Crippen LogP contribution in [0.15, 0.2) is 45.8 Å². The summed E-state index contributed by atoms with van der Waals surface area (Å²) in [6, 6.07) is 5.23. The second-order valence-electron chi connectivity index (χ2n) is 5.15. The van der Waals surface area contributed by atoms with E-state index in [0.717, 1.165) is 4.47 Å². The highest BCUT2D eigenvalue weighted by atomic mass is 79.9. The van der Waals surface area contributed by atoms with Crippen LogP contribution >= 0.6 is 15.9 Å². The fourth-order valence-electron chi connectivity index (χ4n) is 2.45. The van der Waals surface area contributed by atoms with E-state index in [-0.39, 0.29) is 11.6 Å². The van der Waals surface area contributed by atoms with Crippen molar-refractivity contribution in [1.29, 1.82) is 0 Å². The molecule has 134 valence electrons. The largest absolute Gasteiger partial charge is 0.493 e. The Morgan fingerprint density at radius 1 is 1.08 bits per heavy atom. The number of esters is 1. The minimum atomic E-state index is -0.559. The summed E-state index contributed by atoms with van der Waals surface area (Å²) < 4.78 is 22.0. The van der Waals surface area contributed by atoms with Gasteiger partial charge in [-0.25, -0.2) is 9.79 Å². The standard InChI is InChI=1S/C18H15BrN2O5/c1-23-14-5-4-10(15(24-2)16(14)25-3)7-13-18(22)26-17(21-13)11-6-12(19)9-20-8-11/h4-9H,1-3H3/b13-7+. The van der Waals surface area contributed by atoms with Crippen LogP contribution in [0.1, 0.15) is 11.1 Å². The van der Waals surface area contributed by atoms with E-state index in [4.69, 9.17) is 18.9 Å². The minimum Gasteiger partial charge on any atom is -0.493 e. The zero-order chi connectivity index (χ0) is 18.7. The molecule has 1 aliphatic rings. The first kappa shape index (κ1) is 17.9. The van der Waals surface area contributed by atoms with E-state index in [1.54, 1.807) is 36.7 Å². The van der Waals surface area contributed by atoms with E-state index in [1.807, 2.05) is 0 Å². The lowest BCUT2D eigenvalue weighted by Crippen LogP contribution is -2.05. The lowest BCUT2D eigenvalue weighted by atomic mass is 10.1. The van der Waals surface area contributed by atoms with Crippen LogP contribution in [-0.4, -0.2) is 38.2 Å². The predicted octanol–water partition coefficient (Wildman–Crippen LogP) is 3.21. The summed E-state index contributed by atoms with van der Waals surface area (Å²) in [5.74, 6) is 1.01. The molecular weight excluding hydrogens is 404 g/mol. The molecule has 1 aliphatic heterocycles. The van der Waals surface area contributed by atoms with Gasteiger partial charge in [0.15, 0.2) is 17.2 Å². The van der Waals surface area contributed by atoms with Gasteiger partial charge < -0.3 is 18.9 Å². The number of nitrogens with zero attached hydrogens (tertiary/aromatic N) is 2. The Balaban J connectivity index is 2.03. The molecule has 0 bridgehead atoms. The van der Waals surface area contributed by atoms with Crippen molar-refractivity contribution in [1.82, 2.24) is 4.98 Å². The number of aliphatic imine (C=N–C) groups is 1. The van der Waals surface area contributed by atoms with Crippen LogP contribution in [0.25, 0.3) is 6.08 Å². The number of hydrogen-bond donors (Lipinski definition) is 0. The number of ether oxygens (including phenoxy) is 4. The average Bonchev–Trinajstić information content (AvgIpc) is 3.01. The highest BCUT2D eigenvalue weighted by molar-refractivity contribution is 9.10. The van der Waals surface area contributed by atoms with Crippen molar-refractivity contribution < 1.29 is 23.7 Å². The Morgan fingerprint density at radius 3 is 2.50 bits per heavy atom. The molecular formula is C18H15BrN2O5. The van der Waals surface area contributed by atoms with Gasteiger partial charge in [-0.1, -0.05) is 0 Å². The predicted molar refractivity (Wildman–Crippen MR) is 98.6 cm³/mol. The molecule has 0 atom stereocenters. The van der Waals surface area contributed by atoms with Crippen molar-refractivity contribution in [3.05, 3.63) is 51.9 Å². The second kappa shape index (κ2) is 7.57. The maximum Gasteiger partial charge on any atom is 0.363 e. The summed E-state index contributed by atoms with van der Waals surface area (Å²) in [5.41, 5.74) is 1.34. The van der Waals surface area contributed by atoms with Gasteiger partial charge in [0, 0.05) is 22.4 Å². The smallest absolute Gasteiger partial charge is 0.363 e. The summed E-state index contributed by atoms with van der Waals surface area (Å²) in [6.45, 7) is 0. The molecule has 2 aromatic rings. The third kappa shape index (κ3) is 3.41. The van der Waals surface area contributed by atoms with Crippen LogP contribution in [0.4, 0.5) is 0 Å². The number of carbonyl (C=O) groups excluding carboxylic acids is 1. The van der Waals surface area contributed by atoms with Crippen LogP contribution < -0.4 is 14.2 Å². The molecule has 2 heterocycles. The van der Waals surface area contributed by atoms with Gasteiger partial charge >= 0.3 is 5.97 Å². The van der Waals surface area contributed by atoms with Crippen molar-refractivity contribution in [3.63, 3.8) is 0 Å². The van der Waals surface area contributed by atoms with Gasteiger partial charge in [0.05, 0.1) is 26.9 Å². The fraction of sp³-hybridized carbons (Fsp3) is 0.167. The zero-order valence-electron chi connectivity index (χ0n) is 14.3. The monoisotopic (exact) mass is 418 g/mol. The topological polar surface area (TPSA) is 79.2 Å². The Labute approximate surface area is 158 Å². The molecule has 0 radical (unpaired) electrons. The first-order valence-corrected chi connectivity index (χ1v) is 8.29. The van der Waals surface area contributed by atoms with E-state index in [1.165, 1.54) is 21.3 Å². The molecule has 0 amide bonds. The number of cyclic esters (lactones) is 1. The van der Waals surface area contributed by atoms with Gasteiger partial charge in [0.1, 0.15) is 0 Å². The number of hydrogen-bond acceptors (Lipinski definition) is 7. The van der Waals surface area contributed by atoms with E-state index < -0.39 is 5.97 Å². The SMILES string of the molecule is COc1ccc(/C=C2/N=C(c3cncc(Br)c3)OC2=O)c(OC)c1OC. The number of aromatic nitrogens is 1. The Bertz CT molecular complexity index is 924. The number of rotatable bonds is 5. The molecule has 1 aromatic heterocycles. The van der Waals surface area contributed by atoms with Crippen LogP contribution in [-0.2, 0) is 9.53 Å². The van der Waals surface area contributed by atoms with Gasteiger partial charge in [0.25, 0.3) is 0 Å². The summed E-state index contributed by atoms with van der Waals surface area (Å²) in [7, 11) is 4.55. The molecule has 3 rings (SSSR count). The third-order valence-electron chi connectivity index (χ3n) is 3.60. The van der Waals surface area contributed by atoms with Crippen LogP contribution in [0.2, 0.25) is 0 Å². The normalized spacial score (nSPS) is 14.8. The first-order chi connectivity index (χ1) is 12.6. The molecule has 0 unspecified atom stereocenters. The third-order valence-corrected chi connectivity index (χ3v) is 4.03. The van der Waals surface area contributed by atoms with Gasteiger partial charge in [-0.3, -0.25) is 4.98 Å². The van der Waals surface area contributed by atoms with E-state index in [2.05, 4.69) is 25.9 Å². The van der Waals surface area contributed by atoms with Crippen molar-refractivity contribution in [2.45, 2.75) is 0 Å². The molecule has 8 heteroatoms. The van der Waals surface area contributed by atoms with Gasteiger partial charge in [0.2, 0.25) is 11.6 Å². The van der Waals surface area contributed by atoms with E-state index in [0.29, 0.717) is 28.4 Å². The van der Waals surface area contributed by atoms with Gasteiger partial charge in [-0.2, -0.15) is 0 Å². The Hall–Kier alpha value is -2.87. The lowest BCUT2D eigenvalue weighted by Gasteiger charge is -2.14. The highest BCUT2D eigenvalue weighted by Crippen LogP contribution is 2.40. The average molecular weight is 419 g/mol. The number of methoxy groups -OCH3 is 3. The molecule has 26 heavy (non-hydrogen) atoms. The van der Waals surface area contributed by atoms with Crippen molar-refractivity contribution >= 4 is 33.9 Å². The highest BCUT2D eigenvalue weighted by Gasteiger charge is 2.25. The quantitative estimate of drug-likeness (QED) is 0.547. The molecule has 0 aliphatic carbocycles. The molecule has 7 nitrogen and oxygen atoms in total. The summed E-state index contributed by atoms with van der Waals surface area (Å²) in [4.78, 5) is 20.5. The van der Waals surface area contributed by atoms with Crippen LogP contribution in [0.3, 0.4) is 0 Å². The van der Waals surface area contributed by atoms with Crippen molar-refractivity contribution in [2.75, 3.05) is 21.3 Å². The van der Waals surface area contributed by atoms with E-state index in [9.17, 15) is 4.79 Å². The number of carbonyl (C=O) groups is 1. The van der Waals surface area contributed by atoms with Crippen LogP contribution in [0, 0.1) is 0 Å². The maximum absolute atomic E-state index is 12.2. The van der Waals surface area contributed by atoms with Crippen LogP contribution in [0.5, 0.6) is 17.2 Å². The zero-order valence-corrected chi connectivity index (χ0v) is 15.9.